The maximum absolute atomic E-state index is 12.8. The van der Waals surface area contributed by atoms with Crippen LogP contribution in [0.5, 0.6) is 11.5 Å². The van der Waals surface area contributed by atoms with E-state index in [1.807, 2.05) is 6.07 Å². The van der Waals surface area contributed by atoms with Crippen LogP contribution in [0.4, 0.5) is 5.69 Å². The standard InChI is InChI=1S/C17H13Cl2NO3/c18-11-2-1-3-12(15(11)19)20-17(21)14-10-5-7-22-13(10)8-9-4-6-23-16(9)14/h1-3,8H,4-7H2,(H,20,21). The Morgan fingerprint density at radius 2 is 1.96 bits per heavy atom. The van der Waals surface area contributed by atoms with Crippen molar-refractivity contribution in [2.45, 2.75) is 12.8 Å². The van der Waals surface area contributed by atoms with Crippen LogP contribution < -0.4 is 14.8 Å². The number of carbonyl (C=O) groups excluding carboxylic acids is 1. The molecule has 0 atom stereocenters. The third kappa shape index (κ3) is 2.42. The summed E-state index contributed by atoms with van der Waals surface area (Å²) in [5.74, 6) is 1.18. The van der Waals surface area contributed by atoms with Gasteiger partial charge < -0.3 is 14.8 Å². The van der Waals surface area contributed by atoms with Crippen molar-refractivity contribution in [2.24, 2.45) is 0 Å². The lowest BCUT2D eigenvalue weighted by Gasteiger charge is -2.14. The Morgan fingerprint density at radius 1 is 1.13 bits per heavy atom. The zero-order chi connectivity index (χ0) is 16.0. The molecule has 118 valence electrons. The number of hydrogen-bond donors (Lipinski definition) is 1. The van der Waals surface area contributed by atoms with Crippen molar-refractivity contribution in [3.8, 4) is 11.5 Å². The van der Waals surface area contributed by atoms with E-state index in [1.54, 1.807) is 18.2 Å². The third-order valence-electron chi connectivity index (χ3n) is 4.08. The van der Waals surface area contributed by atoms with Gasteiger partial charge in [0.05, 0.1) is 34.5 Å². The van der Waals surface area contributed by atoms with Crippen molar-refractivity contribution in [1.29, 1.82) is 0 Å². The number of nitrogens with one attached hydrogen (secondary N) is 1. The van der Waals surface area contributed by atoms with E-state index in [9.17, 15) is 4.79 Å². The fraction of sp³-hybridized carbons (Fsp3) is 0.235. The number of rotatable bonds is 2. The molecule has 2 aromatic rings. The van der Waals surface area contributed by atoms with Gasteiger partial charge in [0.2, 0.25) is 0 Å². The van der Waals surface area contributed by atoms with Gasteiger partial charge in [0.15, 0.2) is 0 Å². The molecule has 6 heteroatoms. The van der Waals surface area contributed by atoms with E-state index in [-0.39, 0.29) is 5.91 Å². The van der Waals surface area contributed by atoms with E-state index in [0.29, 0.717) is 46.7 Å². The topological polar surface area (TPSA) is 47.6 Å². The molecule has 0 radical (unpaired) electrons. The van der Waals surface area contributed by atoms with Crippen LogP contribution in [0.1, 0.15) is 21.5 Å². The summed E-state index contributed by atoms with van der Waals surface area (Å²) in [4.78, 5) is 12.8. The Bertz CT molecular complexity index is 788. The highest BCUT2D eigenvalue weighted by Crippen LogP contribution is 2.41. The lowest BCUT2D eigenvalue weighted by molar-refractivity contribution is 0.102. The van der Waals surface area contributed by atoms with Gasteiger partial charge in [0, 0.05) is 24.0 Å². The Balaban J connectivity index is 1.76. The number of benzene rings is 2. The lowest BCUT2D eigenvalue weighted by Crippen LogP contribution is -2.15. The molecule has 0 aliphatic carbocycles. The van der Waals surface area contributed by atoms with E-state index in [0.717, 1.165) is 23.3 Å². The van der Waals surface area contributed by atoms with E-state index in [1.165, 1.54) is 0 Å². The molecule has 0 bridgehead atoms. The molecule has 2 aromatic carbocycles. The average Bonchev–Trinajstić information content (AvgIpc) is 3.17. The molecular formula is C17H13Cl2NO3. The first-order valence-electron chi connectivity index (χ1n) is 7.35. The van der Waals surface area contributed by atoms with Crippen molar-refractivity contribution in [2.75, 3.05) is 18.5 Å². The molecule has 4 nitrogen and oxygen atoms in total. The summed E-state index contributed by atoms with van der Waals surface area (Å²) < 4.78 is 11.3. The molecule has 4 rings (SSSR count). The number of amides is 1. The highest BCUT2D eigenvalue weighted by Gasteiger charge is 2.30. The molecule has 0 fully saturated rings. The van der Waals surface area contributed by atoms with Gasteiger partial charge in [-0.3, -0.25) is 4.79 Å². The number of hydrogen-bond acceptors (Lipinski definition) is 3. The number of fused-ring (bicyclic) bond motifs is 2. The highest BCUT2D eigenvalue weighted by atomic mass is 35.5. The molecule has 0 unspecified atom stereocenters. The van der Waals surface area contributed by atoms with Gasteiger partial charge in [-0.1, -0.05) is 29.3 Å². The molecule has 2 aliphatic heterocycles. The summed E-state index contributed by atoms with van der Waals surface area (Å²) >= 11 is 12.2. The second kappa shape index (κ2) is 5.62. The number of halogens is 2. The molecule has 0 saturated carbocycles. The summed E-state index contributed by atoms with van der Waals surface area (Å²) in [6, 6.07) is 7.11. The monoisotopic (exact) mass is 349 g/mol. The molecule has 1 amide bonds. The van der Waals surface area contributed by atoms with Crippen molar-refractivity contribution >= 4 is 34.8 Å². The second-order valence-electron chi connectivity index (χ2n) is 5.47. The van der Waals surface area contributed by atoms with E-state index < -0.39 is 0 Å². The van der Waals surface area contributed by atoms with Crippen LogP contribution in [-0.4, -0.2) is 19.1 Å². The number of ether oxygens (including phenoxy) is 2. The number of carbonyl (C=O) groups is 1. The predicted octanol–water partition coefficient (Wildman–Crippen LogP) is 4.12. The van der Waals surface area contributed by atoms with Crippen molar-refractivity contribution in [3.05, 3.63) is 51.0 Å². The van der Waals surface area contributed by atoms with Crippen LogP contribution in [0.3, 0.4) is 0 Å². The first kappa shape index (κ1) is 14.7. The summed E-state index contributed by atoms with van der Waals surface area (Å²) in [5.41, 5.74) is 2.92. The third-order valence-corrected chi connectivity index (χ3v) is 4.90. The minimum Gasteiger partial charge on any atom is -0.493 e. The molecule has 23 heavy (non-hydrogen) atoms. The van der Waals surface area contributed by atoms with Gasteiger partial charge in [0.25, 0.3) is 5.91 Å². The van der Waals surface area contributed by atoms with Crippen LogP contribution in [0.15, 0.2) is 24.3 Å². The molecule has 0 spiro atoms. The lowest BCUT2D eigenvalue weighted by atomic mass is 9.99. The summed E-state index contributed by atoms with van der Waals surface area (Å²) in [7, 11) is 0. The Labute approximate surface area is 143 Å². The fourth-order valence-electron chi connectivity index (χ4n) is 3.01. The minimum absolute atomic E-state index is 0.255. The van der Waals surface area contributed by atoms with Crippen molar-refractivity contribution in [3.63, 3.8) is 0 Å². The van der Waals surface area contributed by atoms with E-state index in [4.69, 9.17) is 32.7 Å². The molecule has 0 saturated heterocycles. The SMILES string of the molecule is O=C(Nc1cccc(Cl)c1Cl)c1c2c(cc3c1OCC3)OCC2. The Morgan fingerprint density at radius 3 is 2.83 bits per heavy atom. The first-order chi connectivity index (χ1) is 11.1. The Hall–Kier alpha value is -1.91. The van der Waals surface area contributed by atoms with Crippen LogP contribution in [0, 0.1) is 0 Å². The Kier molecular flexibility index (Phi) is 3.58. The summed E-state index contributed by atoms with van der Waals surface area (Å²) in [5, 5.41) is 3.55. The molecule has 1 N–H and O–H groups in total. The zero-order valence-electron chi connectivity index (χ0n) is 12.1. The molecule has 0 aromatic heterocycles. The van der Waals surface area contributed by atoms with Gasteiger partial charge in [0.1, 0.15) is 11.5 Å². The first-order valence-corrected chi connectivity index (χ1v) is 8.10. The van der Waals surface area contributed by atoms with Gasteiger partial charge in [-0.2, -0.15) is 0 Å². The summed E-state index contributed by atoms with van der Waals surface area (Å²) in [6.07, 6.45) is 1.47. The fourth-order valence-corrected chi connectivity index (χ4v) is 3.36. The highest BCUT2D eigenvalue weighted by molar-refractivity contribution is 6.44. The van der Waals surface area contributed by atoms with Gasteiger partial charge in [-0.05, 0) is 18.2 Å². The van der Waals surface area contributed by atoms with Crippen molar-refractivity contribution in [1.82, 2.24) is 0 Å². The maximum atomic E-state index is 12.8. The van der Waals surface area contributed by atoms with E-state index >= 15 is 0 Å². The normalized spacial score (nSPS) is 14.7. The van der Waals surface area contributed by atoms with Gasteiger partial charge in [-0.25, -0.2) is 0 Å². The van der Waals surface area contributed by atoms with Crippen LogP contribution in [0.25, 0.3) is 0 Å². The van der Waals surface area contributed by atoms with Crippen LogP contribution in [-0.2, 0) is 12.8 Å². The molecular weight excluding hydrogens is 337 g/mol. The van der Waals surface area contributed by atoms with Gasteiger partial charge >= 0.3 is 0 Å². The maximum Gasteiger partial charge on any atom is 0.259 e. The molecule has 2 heterocycles. The smallest absolute Gasteiger partial charge is 0.259 e. The number of anilines is 1. The average molecular weight is 350 g/mol. The van der Waals surface area contributed by atoms with Gasteiger partial charge in [-0.15, -0.1) is 0 Å². The van der Waals surface area contributed by atoms with E-state index in [2.05, 4.69) is 5.32 Å². The molecule has 2 aliphatic rings. The largest absolute Gasteiger partial charge is 0.493 e. The van der Waals surface area contributed by atoms with Crippen LogP contribution >= 0.6 is 23.2 Å². The van der Waals surface area contributed by atoms with Crippen LogP contribution in [0.2, 0.25) is 10.0 Å². The summed E-state index contributed by atoms with van der Waals surface area (Å²) in [6.45, 7) is 1.16. The zero-order valence-corrected chi connectivity index (χ0v) is 13.6. The second-order valence-corrected chi connectivity index (χ2v) is 6.25. The predicted molar refractivity (Wildman–Crippen MR) is 89.3 cm³/mol. The quantitative estimate of drug-likeness (QED) is 0.887. The van der Waals surface area contributed by atoms with Crippen molar-refractivity contribution < 1.29 is 14.3 Å². The minimum atomic E-state index is -0.255.